The third-order valence-electron chi connectivity index (χ3n) is 2.51. The summed E-state index contributed by atoms with van der Waals surface area (Å²) in [5.41, 5.74) is 0.654. The number of carboxylic acid groups (broad SMARTS) is 1. The van der Waals surface area contributed by atoms with Crippen molar-refractivity contribution in [2.45, 2.75) is 6.54 Å². The number of nitrogens with one attached hydrogen (secondary N) is 2. The summed E-state index contributed by atoms with van der Waals surface area (Å²) in [5, 5.41) is 16.2. The summed E-state index contributed by atoms with van der Waals surface area (Å²) < 4.78 is 1.49. The molecule has 2 rings (SSSR count). The summed E-state index contributed by atoms with van der Waals surface area (Å²) in [4.78, 5) is 23.6. The highest BCUT2D eigenvalue weighted by atomic mass is 79.9. The lowest BCUT2D eigenvalue weighted by Crippen LogP contribution is -2.28. The Bertz CT molecular complexity index is 688. The smallest absolute Gasteiger partial charge is 0.335 e. The van der Waals surface area contributed by atoms with Crippen molar-refractivity contribution in [3.05, 3.63) is 49.0 Å². The van der Waals surface area contributed by atoms with Gasteiger partial charge in [0.15, 0.2) is 0 Å². The van der Waals surface area contributed by atoms with Gasteiger partial charge in [0.1, 0.15) is 0 Å². The zero-order valence-corrected chi connectivity index (χ0v) is 14.5. The Labute approximate surface area is 141 Å². The molecule has 0 aliphatic heterocycles. The predicted molar refractivity (Wildman–Crippen MR) is 89.0 cm³/mol. The SMILES string of the molecule is O=C(NCc1cc(Br)cs1)Nc1ccc(C(=O)O)cc1Br. The van der Waals surface area contributed by atoms with Gasteiger partial charge in [0.05, 0.1) is 17.8 Å². The number of carboxylic acids is 1. The molecule has 0 bridgehead atoms. The summed E-state index contributed by atoms with van der Waals surface area (Å²) in [6, 6.07) is 5.98. The Morgan fingerprint density at radius 3 is 2.57 bits per heavy atom. The van der Waals surface area contributed by atoms with E-state index in [1.807, 2.05) is 11.4 Å². The number of urea groups is 1. The Morgan fingerprint density at radius 2 is 2.00 bits per heavy atom. The van der Waals surface area contributed by atoms with E-state index in [1.165, 1.54) is 18.2 Å². The second-order valence-electron chi connectivity index (χ2n) is 4.04. The second kappa shape index (κ2) is 7.06. The molecule has 1 aromatic carbocycles. The highest BCUT2D eigenvalue weighted by Crippen LogP contribution is 2.24. The molecular weight excluding hydrogens is 424 g/mol. The van der Waals surface area contributed by atoms with Crippen molar-refractivity contribution in [3.8, 4) is 0 Å². The molecule has 1 heterocycles. The first-order valence-corrected chi connectivity index (χ1v) is 8.23. The first kappa shape index (κ1) is 16.0. The van der Waals surface area contributed by atoms with E-state index >= 15 is 0 Å². The maximum absolute atomic E-state index is 11.8. The van der Waals surface area contributed by atoms with Crippen LogP contribution in [0.15, 0.2) is 38.6 Å². The molecule has 5 nitrogen and oxygen atoms in total. The van der Waals surface area contributed by atoms with Crippen LogP contribution in [0.1, 0.15) is 15.2 Å². The van der Waals surface area contributed by atoms with Crippen LogP contribution in [0.25, 0.3) is 0 Å². The van der Waals surface area contributed by atoms with Crippen LogP contribution in [0, 0.1) is 0 Å². The van der Waals surface area contributed by atoms with Gasteiger partial charge in [-0.15, -0.1) is 11.3 Å². The molecule has 0 radical (unpaired) electrons. The van der Waals surface area contributed by atoms with Crippen LogP contribution in [0.3, 0.4) is 0 Å². The zero-order chi connectivity index (χ0) is 15.4. The second-order valence-corrected chi connectivity index (χ2v) is 6.80. The Kier molecular flexibility index (Phi) is 5.38. The predicted octanol–water partition coefficient (Wildman–Crippen LogP) is 4.29. The lowest BCUT2D eigenvalue weighted by atomic mass is 10.2. The van der Waals surface area contributed by atoms with Crippen molar-refractivity contribution in [2.24, 2.45) is 0 Å². The van der Waals surface area contributed by atoms with E-state index in [2.05, 4.69) is 42.5 Å². The molecule has 0 atom stereocenters. The molecule has 1 aromatic heterocycles. The summed E-state index contributed by atoms with van der Waals surface area (Å²) in [7, 11) is 0. The maximum atomic E-state index is 11.8. The number of hydrogen-bond acceptors (Lipinski definition) is 3. The molecule has 0 saturated carbocycles. The zero-order valence-electron chi connectivity index (χ0n) is 10.5. The molecule has 2 aromatic rings. The minimum absolute atomic E-state index is 0.149. The van der Waals surface area contributed by atoms with Crippen molar-refractivity contribution in [2.75, 3.05) is 5.32 Å². The molecule has 3 N–H and O–H groups in total. The van der Waals surface area contributed by atoms with Gasteiger partial charge in [-0.25, -0.2) is 9.59 Å². The van der Waals surface area contributed by atoms with Gasteiger partial charge in [0.25, 0.3) is 0 Å². The number of amides is 2. The Morgan fingerprint density at radius 1 is 1.24 bits per heavy atom. The lowest BCUT2D eigenvalue weighted by molar-refractivity contribution is 0.0697. The number of halogens is 2. The van der Waals surface area contributed by atoms with E-state index < -0.39 is 5.97 Å². The number of anilines is 1. The molecule has 0 saturated heterocycles. The molecule has 0 spiro atoms. The average Bonchev–Trinajstić information content (AvgIpc) is 2.84. The van der Waals surface area contributed by atoms with Crippen LogP contribution >= 0.6 is 43.2 Å². The van der Waals surface area contributed by atoms with Gasteiger partial charge in [-0.05, 0) is 56.1 Å². The number of hydrogen-bond donors (Lipinski definition) is 3. The van der Waals surface area contributed by atoms with E-state index in [-0.39, 0.29) is 11.6 Å². The number of carbonyl (C=O) groups excluding carboxylic acids is 1. The Balaban J connectivity index is 1.94. The molecule has 0 aliphatic carbocycles. The van der Waals surface area contributed by atoms with Crippen LogP contribution in [0.5, 0.6) is 0 Å². The lowest BCUT2D eigenvalue weighted by Gasteiger charge is -2.09. The van der Waals surface area contributed by atoms with Gasteiger partial charge < -0.3 is 15.7 Å². The van der Waals surface area contributed by atoms with Gasteiger partial charge in [0.2, 0.25) is 0 Å². The van der Waals surface area contributed by atoms with E-state index in [0.717, 1.165) is 9.35 Å². The van der Waals surface area contributed by atoms with Crippen LogP contribution in [-0.4, -0.2) is 17.1 Å². The monoisotopic (exact) mass is 432 g/mol. The van der Waals surface area contributed by atoms with Crippen molar-refractivity contribution in [3.63, 3.8) is 0 Å². The van der Waals surface area contributed by atoms with Gasteiger partial charge in [-0.2, -0.15) is 0 Å². The largest absolute Gasteiger partial charge is 0.478 e. The van der Waals surface area contributed by atoms with Gasteiger partial charge >= 0.3 is 12.0 Å². The standard InChI is InChI=1S/C13H10Br2N2O3S/c14-8-4-9(21-6-8)5-16-13(20)17-11-2-1-7(12(18)19)3-10(11)15/h1-4,6H,5H2,(H,18,19)(H2,16,17,20). The fourth-order valence-electron chi connectivity index (χ4n) is 1.53. The van der Waals surface area contributed by atoms with Crippen molar-refractivity contribution >= 4 is 60.9 Å². The summed E-state index contributed by atoms with van der Waals surface area (Å²) in [6.45, 7) is 0.424. The fourth-order valence-corrected chi connectivity index (χ4v) is 3.40. The molecule has 110 valence electrons. The van der Waals surface area contributed by atoms with Crippen LogP contribution in [0.4, 0.5) is 10.5 Å². The van der Waals surface area contributed by atoms with Crippen molar-refractivity contribution in [1.82, 2.24) is 5.32 Å². The maximum Gasteiger partial charge on any atom is 0.335 e. The minimum Gasteiger partial charge on any atom is -0.478 e. The van der Waals surface area contributed by atoms with Crippen molar-refractivity contribution in [1.29, 1.82) is 0 Å². The number of rotatable bonds is 4. The normalized spacial score (nSPS) is 10.2. The summed E-state index contributed by atoms with van der Waals surface area (Å²) in [5.74, 6) is -1.02. The van der Waals surface area contributed by atoms with E-state index in [0.29, 0.717) is 16.7 Å². The average molecular weight is 434 g/mol. The fraction of sp³-hybridized carbons (Fsp3) is 0.0769. The summed E-state index contributed by atoms with van der Waals surface area (Å²) >= 11 is 8.12. The minimum atomic E-state index is -1.02. The molecule has 2 amide bonds. The molecule has 0 aliphatic rings. The third kappa shape index (κ3) is 4.55. The van der Waals surface area contributed by atoms with E-state index in [9.17, 15) is 9.59 Å². The van der Waals surface area contributed by atoms with Crippen LogP contribution in [0.2, 0.25) is 0 Å². The highest BCUT2D eigenvalue weighted by molar-refractivity contribution is 9.10. The molecule has 21 heavy (non-hydrogen) atoms. The van der Waals surface area contributed by atoms with Gasteiger partial charge in [0, 0.05) is 19.2 Å². The van der Waals surface area contributed by atoms with Crippen LogP contribution in [-0.2, 0) is 6.54 Å². The van der Waals surface area contributed by atoms with Gasteiger partial charge in [-0.3, -0.25) is 0 Å². The molecular formula is C13H10Br2N2O3S. The topological polar surface area (TPSA) is 78.4 Å². The van der Waals surface area contributed by atoms with E-state index in [1.54, 1.807) is 11.3 Å². The summed E-state index contributed by atoms with van der Waals surface area (Å²) in [6.07, 6.45) is 0. The number of carbonyl (C=O) groups is 2. The third-order valence-corrected chi connectivity index (χ3v) is 4.86. The number of benzene rings is 1. The molecule has 0 fully saturated rings. The van der Waals surface area contributed by atoms with E-state index in [4.69, 9.17) is 5.11 Å². The number of aromatic carboxylic acids is 1. The van der Waals surface area contributed by atoms with Crippen molar-refractivity contribution < 1.29 is 14.7 Å². The quantitative estimate of drug-likeness (QED) is 0.672. The first-order chi connectivity index (χ1) is 9.95. The van der Waals surface area contributed by atoms with Gasteiger partial charge in [-0.1, -0.05) is 0 Å². The van der Waals surface area contributed by atoms with Crippen LogP contribution < -0.4 is 10.6 Å². The number of thiophene rings is 1. The highest BCUT2D eigenvalue weighted by Gasteiger charge is 2.09. The first-order valence-electron chi connectivity index (χ1n) is 5.76. The molecule has 0 unspecified atom stereocenters. The Hall–Kier alpha value is -1.38. The molecule has 8 heteroatoms.